The van der Waals surface area contributed by atoms with E-state index < -0.39 is 17.5 Å². The van der Waals surface area contributed by atoms with Crippen LogP contribution in [0.2, 0.25) is 5.02 Å². The molecular weight excluding hydrogens is 469 g/mol. The third kappa shape index (κ3) is 4.14. The van der Waals surface area contributed by atoms with Gasteiger partial charge in [0.1, 0.15) is 10.3 Å². The van der Waals surface area contributed by atoms with Gasteiger partial charge in [0.2, 0.25) is 0 Å². The number of nitrogens with one attached hydrogen (secondary N) is 2. The number of dihydropyridines is 1. The maximum atomic E-state index is 13.0. The van der Waals surface area contributed by atoms with Gasteiger partial charge in [0.15, 0.2) is 6.17 Å². The Balaban J connectivity index is 1.99. The Labute approximate surface area is 179 Å². The number of hydrogen-bond donors (Lipinski definition) is 2. The molecule has 2 atom stereocenters. The molecule has 2 heterocycles. The molecule has 1 aliphatic rings. The summed E-state index contributed by atoms with van der Waals surface area (Å²) >= 11 is 15.7. The SMILES string of the molecule is CNC(=O)c1cc(Cl)cc(C)c1NC(=O)c1cc(Br)nn1C1N=CC=CC1Cl. The second-order valence-electron chi connectivity index (χ2n) is 6.02. The minimum Gasteiger partial charge on any atom is -0.355 e. The fourth-order valence-corrected chi connectivity index (χ4v) is 3.73. The zero-order chi connectivity index (χ0) is 20.4. The molecule has 2 amide bonds. The minimum atomic E-state index is -0.566. The van der Waals surface area contributed by atoms with E-state index >= 15 is 0 Å². The molecule has 1 aliphatic heterocycles. The van der Waals surface area contributed by atoms with Crippen LogP contribution in [0, 0.1) is 6.92 Å². The van der Waals surface area contributed by atoms with Crippen LogP contribution >= 0.6 is 39.1 Å². The molecule has 0 bridgehead atoms. The maximum Gasteiger partial charge on any atom is 0.274 e. The molecule has 7 nitrogen and oxygen atoms in total. The predicted octanol–water partition coefficient (Wildman–Crippen LogP) is 3.97. The first kappa shape index (κ1) is 20.6. The smallest absolute Gasteiger partial charge is 0.274 e. The number of alkyl halides is 1. The van der Waals surface area contributed by atoms with Crippen molar-refractivity contribution in [3.8, 4) is 0 Å². The summed E-state index contributed by atoms with van der Waals surface area (Å²) in [6.07, 6.45) is 4.54. The number of amides is 2. The van der Waals surface area contributed by atoms with Crippen molar-refractivity contribution >= 4 is 62.8 Å². The molecule has 1 aromatic heterocycles. The fourth-order valence-electron chi connectivity index (χ4n) is 2.81. The van der Waals surface area contributed by atoms with E-state index in [1.165, 1.54) is 17.8 Å². The number of carbonyl (C=O) groups excluding carboxylic acids is 2. The van der Waals surface area contributed by atoms with Crippen molar-refractivity contribution in [2.45, 2.75) is 18.5 Å². The molecule has 2 unspecified atom stereocenters. The molecule has 28 heavy (non-hydrogen) atoms. The molecule has 2 N–H and O–H groups in total. The topological polar surface area (TPSA) is 88.4 Å². The monoisotopic (exact) mass is 483 g/mol. The molecule has 146 valence electrons. The van der Waals surface area contributed by atoms with E-state index in [1.54, 1.807) is 37.4 Å². The summed E-state index contributed by atoms with van der Waals surface area (Å²) in [4.78, 5) is 29.6. The molecule has 10 heteroatoms. The summed E-state index contributed by atoms with van der Waals surface area (Å²) in [7, 11) is 1.51. The number of carbonyl (C=O) groups is 2. The lowest BCUT2D eigenvalue weighted by Gasteiger charge is -2.21. The quantitative estimate of drug-likeness (QED) is 0.643. The average molecular weight is 485 g/mol. The minimum absolute atomic E-state index is 0.243. The van der Waals surface area contributed by atoms with Crippen LogP contribution in [0.3, 0.4) is 0 Å². The number of hydrogen-bond acceptors (Lipinski definition) is 4. The number of aromatic nitrogens is 2. The Morgan fingerprint density at radius 3 is 2.68 bits per heavy atom. The van der Waals surface area contributed by atoms with E-state index in [2.05, 4.69) is 36.7 Å². The normalized spacial score (nSPS) is 18.2. The van der Waals surface area contributed by atoms with Gasteiger partial charge in [-0.05, 0) is 46.6 Å². The number of benzene rings is 1. The second-order valence-corrected chi connectivity index (χ2v) is 7.77. The summed E-state index contributed by atoms with van der Waals surface area (Å²) in [6.45, 7) is 1.76. The number of halogens is 3. The fraction of sp³-hybridized carbons (Fsp3) is 0.222. The first-order valence-corrected chi connectivity index (χ1v) is 9.85. The molecule has 3 rings (SSSR count). The summed E-state index contributed by atoms with van der Waals surface area (Å²) in [5.74, 6) is -0.819. The van der Waals surface area contributed by atoms with Crippen molar-refractivity contribution in [1.29, 1.82) is 0 Å². The second kappa shape index (κ2) is 8.46. The van der Waals surface area contributed by atoms with Crippen LogP contribution in [0.15, 0.2) is 39.9 Å². The van der Waals surface area contributed by atoms with E-state index in [4.69, 9.17) is 23.2 Å². The third-order valence-corrected chi connectivity index (χ3v) is 5.08. The van der Waals surface area contributed by atoms with E-state index in [0.717, 1.165) is 0 Å². The molecule has 1 aromatic carbocycles. The van der Waals surface area contributed by atoms with Crippen molar-refractivity contribution in [3.63, 3.8) is 0 Å². The van der Waals surface area contributed by atoms with Crippen LogP contribution in [0.1, 0.15) is 32.6 Å². The van der Waals surface area contributed by atoms with E-state index in [1.807, 2.05) is 0 Å². The van der Waals surface area contributed by atoms with E-state index in [-0.39, 0.29) is 17.2 Å². The highest BCUT2D eigenvalue weighted by Gasteiger charge is 2.27. The summed E-state index contributed by atoms with van der Waals surface area (Å²) < 4.78 is 1.91. The van der Waals surface area contributed by atoms with Gasteiger partial charge in [-0.1, -0.05) is 17.7 Å². The molecule has 0 spiro atoms. The van der Waals surface area contributed by atoms with E-state index in [9.17, 15) is 9.59 Å². The number of anilines is 1. The van der Waals surface area contributed by atoms with E-state index in [0.29, 0.717) is 20.9 Å². The first-order valence-electron chi connectivity index (χ1n) is 8.24. The molecule has 0 aliphatic carbocycles. The molecule has 2 aromatic rings. The summed E-state index contributed by atoms with van der Waals surface area (Å²) in [5, 5.41) is 9.58. The Morgan fingerprint density at radius 2 is 2.00 bits per heavy atom. The van der Waals surface area contributed by atoms with Crippen molar-refractivity contribution in [2.75, 3.05) is 12.4 Å². The average Bonchev–Trinajstić information content (AvgIpc) is 3.05. The van der Waals surface area contributed by atoms with Crippen LogP contribution in [0.25, 0.3) is 0 Å². The Hall–Kier alpha value is -2.16. The Kier molecular flexibility index (Phi) is 6.22. The Morgan fingerprint density at radius 1 is 1.25 bits per heavy atom. The van der Waals surface area contributed by atoms with Crippen molar-refractivity contribution in [1.82, 2.24) is 15.1 Å². The number of aliphatic imine (C=N–C) groups is 1. The summed E-state index contributed by atoms with van der Waals surface area (Å²) in [5.41, 5.74) is 1.53. The third-order valence-electron chi connectivity index (χ3n) is 4.10. The first-order chi connectivity index (χ1) is 13.3. The highest BCUT2D eigenvalue weighted by molar-refractivity contribution is 9.10. The maximum absolute atomic E-state index is 13.0. The van der Waals surface area contributed by atoms with Gasteiger partial charge in [-0.25, -0.2) is 4.68 Å². The number of rotatable bonds is 4. The van der Waals surface area contributed by atoms with Crippen LogP contribution in [-0.4, -0.2) is 40.2 Å². The van der Waals surface area contributed by atoms with Gasteiger partial charge in [-0.3, -0.25) is 14.6 Å². The van der Waals surface area contributed by atoms with Gasteiger partial charge in [-0.15, -0.1) is 11.6 Å². The molecule has 0 saturated carbocycles. The van der Waals surface area contributed by atoms with Crippen LogP contribution in [0.4, 0.5) is 5.69 Å². The van der Waals surface area contributed by atoms with Crippen LogP contribution in [-0.2, 0) is 0 Å². The predicted molar refractivity (Wildman–Crippen MR) is 114 cm³/mol. The van der Waals surface area contributed by atoms with Gasteiger partial charge in [-0.2, -0.15) is 5.10 Å². The largest absolute Gasteiger partial charge is 0.355 e. The summed E-state index contributed by atoms with van der Waals surface area (Å²) in [6, 6.07) is 4.74. The van der Waals surface area contributed by atoms with Crippen molar-refractivity contribution in [2.24, 2.45) is 4.99 Å². The molecule has 0 saturated heterocycles. The molecular formula is C18H16BrCl2N5O2. The number of aryl methyl sites for hydroxylation is 1. The lowest BCUT2D eigenvalue weighted by atomic mass is 10.1. The lowest BCUT2D eigenvalue weighted by molar-refractivity contribution is 0.0964. The highest BCUT2D eigenvalue weighted by Crippen LogP contribution is 2.29. The Bertz CT molecular complexity index is 1000. The zero-order valence-corrected chi connectivity index (χ0v) is 18.0. The van der Waals surface area contributed by atoms with Crippen LogP contribution < -0.4 is 10.6 Å². The van der Waals surface area contributed by atoms with Crippen LogP contribution in [0.5, 0.6) is 0 Å². The van der Waals surface area contributed by atoms with Crippen molar-refractivity contribution in [3.05, 3.63) is 56.8 Å². The molecule has 0 radical (unpaired) electrons. The van der Waals surface area contributed by atoms with Gasteiger partial charge < -0.3 is 10.6 Å². The zero-order valence-electron chi connectivity index (χ0n) is 14.9. The molecule has 0 fully saturated rings. The van der Waals surface area contributed by atoms with Gasteiger partial charge in [0, 0.05) is 24.4 Å². The van der Waals surface area contributed by atoms with Gasteiger partial charge in [0.05, 0.1) is 16.6 Å². The number of allylic oxidation sites excluding steroid dienone is 1. The standard InChI is InChI=1S/C18H16BrCl2N5O2/c1-9-6-10(20)7-11(17(27)22-2)15(9)24-18(28)13-8-14(19)25-26(13)16-12(21)4-3-5-23-16/h3-8,12,16H,1-2H3,(H,22,27)(H,24,28). The highest BCUT2D eigenvalue weighted by atomic mass is 79.9. The van der Waals surface area contributed by atoms with Gasteiger partial charge >= 0.3 is 0 Å². The lowest BCUT2D eigenvalue weighted by Crippen LogP contribution is -2.27. The van der Waals surface area contributed by atoms with Gasteiger partial charge in [0.25, 0.3) is 11.8 Å². The number of nitrogens with zero attached hydrogens (tertiary/aromatic N) is 3. The van der Waals surface area contributed by atoms with Crippen molar-refractivity contribution < 1.29 is 9.59 Å².